The van der Waals surface area contributed by atoms with Gasteiger partial charge in [0.15, 0.2) is 0 Å². The molecule has 0 aromatic heterocycles. The second-order valence-corrected chi connectivity index (χ2v) is 5.02. The highest BCUT2D eigenvalue weighted by Gasteiger charge is 2.41. The van der Waals surface area contributed by atoms with Gasteiger partial charge in [0, 0.05) is 12.6 Å². The van der Waals surface area contributed by atoms with E-state index in [0.717, 1.165) is 0 Å². The summed E-state index contributed by atoms with van der Waals surface area (Å²) in [6, 6.07) is 0.0578. The monoisotopic (exact) mass is 238 g/mol. The highest BCUT2D eigenvalue weighted by atomic mass is 19.4. The maximum atomic E-state index is 12.4. The van der Waals surface area contributed by atoms with Crippen LogP contribution in [0.4, 0.5) is 13.2 Å². The van der Waals surface area contributed by atoms with E-state index in [9.17, 15) is 13.2 Å². The molecule has 1 atom stereocenters. The first-order valence-electron chi connectivity index (χ1n) is 5.85. The SMILES string of the molecule is CC(C)[C@H](N)CN1CCC(C(F)(F)F)CC1. The maximum Gasteiger partial charge on any atom is 0.391 e. The molecule has 1 rings (SSSR count). The van der Waals surface area contributed by atoms with Crippen LogP contribution in [0.15, 0.2) is 0 Å². The third-order valence-electron chi connectivity index (χ3n) is 3.38. The maximum absolute atomic E-state index is 12.4. The molecule has 0 aliphatic carbocycles. The van der Waals surface area contributed by atoms with E-state index in [1.807, 2.05) is 18.7 Å². The summed E-state index contributed by atoms with van der Waals surface area (Å²) in [5.41, 5.74) is 5.90. The van der Waals surface area contributed by atoms with Crippen LogP contribution in [-0.2, 0) is 0 Å². The Balaban J connectivity index is 2.32. The molecule has 1 saturated heterocycles. The minimum absolute atomic E-state index is 0.0578. The lowest BCUT2D eigenvalue weighted by Crippen LogP contribution is -2.45. The largest absolute Gasteiger partial charge is 0.391 e. The van der Waals surface area contributed by atoms with Crippen molar-refractivity contribution in [2.75, 3.05) is 19.6 Å². The molecule has 0 unspecified atom stereocenters. The van der Waals surface area contributed by atoms with Gasteiger partial charge < -0.3 is 10.6 Å². The van der Waals surface area contributed by atoms with Crippen LogP contribution in [0.3, 0.4) is 0 Å². The molecule has 1 fully saturated rings. The standard InChI is InChI=1S/C11H21F3N2/c1-8(2)10(15)7-16-5-3-9(4-6-16)11(12,13)14/h8-10H,3-7,15H2,1-2H3/t10-/m1/s1. The predicted molar refractivity (Wildman–Crippen MR) is 58.0 cm³/mol. The van der Waals surface area contributed by atoms with Crippen molar-refractivity contribution < 1.29 is 13.2 Å². The van der Waals surface area contributed by atoms with Crippen molar-refractivity contribution in [2.45, 2.75) is 38.9 Å². The zero-order valence-corrected chi connectivity index (χ0v) is 9.93. The molecule has 0 amide bonds. The van der Waals surface area contributed by atoms with E-state index < -0.39 is 12.1 Å². The predicted octanol–water partition coefficient (Wildman–Crippen LogP) is 2.24. The highest BCUT2D eigenvalue weighted by Crippen LogP contribution is 2.34. The molecule has 1 aliphatic heterocycles. The number of hydrogen-bond donors (Lipinski definition) is 1. The summed E-state index contributed by atoms with van der Waals surface area (Å²) in [5.74, 6) is -0.737. The number of alkyl halides is 3. The number of likely N-dealkylation sites (tertiary alicyclic amines) is 1. The van der Waals surface area contributed by atoms with Crippen molar-refractivity contribution in [3.05, 3.63) is 0 Å². The Bertz CT molecular complexity index is 208. The van der Waals surface area contributed by atoms with Gasteiger partial charge in [-0.05, 0) is 31.8 Å². The molecule has 96 valence electrons. The normalized spacial score (nSPS) is 22.7. The molecule has 1 aliphatic rings. The van der Waals surface area contributed by atoms with Crippen molar-refractivity contribution in [1.29, 1.82) is 0 Å². The van der Waals surface area contributed by atoms with Crippen molar-refractivity contribution in [3.63, 3.8) is 0 Å². The molecule has 0 aromatic carbocycles. The summed E-state index contributed by atoms with van der Waals surface area (Å²) in [6.07, 6.45) is -3.59. The molecule has 16 heavy (non-hydrogen) atoms. The van der Waals surface area contributed by atoms with Crippen LogP contribution in [0.25, 0.3) is 0 Å². The average Bonchev–Trinajstić information content (AvgIpc) is 2.17. The number of nitrogens with zero attached hydrogens (tertiary/aromatic N) is 1. The number of hydrogen-bond acceptors (Lipinski definition) is 2. The lowest BCUT2D eigenvalue weighted by Gasteiger charge is -2.34. The first-order chi connectivity index (χ1) is 7.30. The first-order valence-corrected chi connectivity index (χ1v) is 5.85. The molecule has 0 bridgehead atoms. The van der Waals surface area contributed by atoms with E-state index in [0.29, 0.717) is 25.6 Å². The summed E-state index contributed by atoms with van der Waals surface area (Å²) < 4.78 is 37.2. The van der Waals surface area contributed by atoms with Gasteiger partial charge in [-0.15, -0.1) is 0 Å². The fourth-order valence-electron chi connectivity index (χ4n) is 1.95. The quantitative estimate of drug-likeness (QED) is 0.817. The smallest absolute Gasteiger partial charge is 0.326 e. The van der Waals surface area contributed by atoms with Crippen LogP contribution in [0.5, 0.6) is 0 Å². The molecule has 0 spiro atoms. The molecule has 2 N–H and O–H groups in total. The Morgan fingerprint density at radius 1 is 1.25 bits per heavy atom. The second kappa shape index (κ2) is 5.36. The Labute approximate surface area is 95.0 Å². The van der Waals surface area contributed by atoms with Crippen LogP contribution in [-0.4, -0.2) is 36.8 Å². The molecular weight excluding hydrogens is 217 g/mol. The summed E-state index contributed by atoms with van der Waals surface area (Å²) >= 11 is 0. The van der Waals surface area contributed by atoms with Crippen LogP contribution in [0, 0.1) is 11.8 Å². The average molecular weight is 238 g/mol. The third-order valence-corrected chi connectivity index (χ3v) is 3.38. The molecule has 0 radical (unpaired) electrons. The van der Waals surface area contributed by atoms with Gasteiger partial charge in [-0.25, -0.2) is 0 Å². The number of piperidine rings is 1. The van der Waals surface area contributed by atoms with Crippen molar-refractivity contribution in [3.8, 4) is 0 Å². The van der Waals surface area contributed by atoms with Gasteiger partial charge in [0.05, 0.1) is 5.92 Å². The van der Waals surface area contributed by atoms with Gasteiger partial charge >= 0.3 is 6.18 Å². The molecular formula is C11H21F3N2. The van der Waals surface area contributed by atoms with Crippen LogP contribution in [0.2, 0.25) is 0 Å². The Morgan fingerprint density at radius 3 is 2.12 bits per heavy atom. The van der Waals surface area contributed by atoms with E-state index in [2.05, 4.69) is 0 Å². The van der Waals surface area contributed by atoms with Gasteiger partial charge in [0.25, 0.3) is 0 Å². The Kier molecular flexibility index (Phi) is 4.62. The third kappa shape index (κ3) is 3.94. The van der Waals surface area contributed by atoms with Crippen molar-refractivity contribution in [2.24, 2.45) is 17.6 Å². The summed E-state index contributed by atoms with van der Waals surface area (Å²) in [5, 5.41) is 0. The van der Waals surface area contributed by atoms with E-state index in [1.165, 1.54) is 0 Å². The van der Waals surface area contributed by atoms with E-state index in [1.54, 1.807) is 0 Å². The summed E-state index contributed by atoms with van der Waals surface area (Å²) in [4.78, 5) is 2.05. The first kappa shape index (κ1) is 13.8. The van der Waals surface area contributed by atoms with E-state index in [-0.39, 0.29) is 18.9 Å². The fraction of sp³-hybridized carbons (Fsp3) is 1.00. The Morgan fingerprint density at radius 2 is 1.75 bits per heavy atom. The van der Waals surface area contributed by atoms with E-state index >= 15 is 0 Å². The van der Waals surface area contributed by atoms with Gasteiger partial charge in [0.1, 0.15) is 0 Å². The fourth-order valence-corrected chi connectivity index (χ4v) is 1.95. The lowest BCUT2D eigenvalue weighted by atomic mass is 9.95. The summed E-state index contributed by atoms with van der Waals surface area (Å²) in [6.45, 7) is 5.82. The molecule has 5 heteroatoms. The van der Waals surface area contributed by atoms with Gasteiger partial charge in [-0.2, -0.15) is 13.2 Å². The molecule has 0 aromatic rings. The molecule has 2 nitrogen and oxygen atoms in total. The highest BCUT2D eigenvalue weighted by molar-refractivity contribution is 4.80. The van der Waals surface area contributed by atoms with Crippen LogP contribution in [0.1, 0.15) is 26.7 Å². The molecule has 0 saturated carbocycles. The number of nitrogens with two attached hydrogens (primary N) is 1. The van der Waals surface area contributed by atoms with Crippen molar-refractivity contribution in [1.82, 2.24) is 4.90 Å². The van der Waals surface area contributed by atoms with Crippen LogP contribution >= 0.6 is 0 Å². The Hall–Kier alpha value is -0.290. The molecule has 1 heterocycles. The second-order valence-electron chi connectivity index (χ2n) is 5.02. The number of halogens is 3. The zero-order valence-electron chi connectivity index (χ0n) is 9.93. The van der Waals surface area contributed by atoms with Gasteiger partial charge in [-0.3, -0.25) is 0 Å². The number of rotatable bonds is 3. The lowest BCUT2D eigenvalue weighted by molar-refractivity contribution is -0.185. The van der Waals surface area contributed by atoms with Gasteiger partial charge in [-0.1, -0.05) is 13.8 Å². The zero-order chi connectivity index (χ0) is 12.3. The summed E-state index contributed by atoms with van der Waals surface area (Å²) in [7, 11) is 0. The minimum atomic E-state index is -4.02. The van der Waals surface area contributed by atoms with Crippen LogP contribution < -0.4 is 5.73 Å². The van der Waals surface area contributed by atoms with Crippen molar-refractivity contribution >= 4 is 0 Å². The minimum Gasteiger partial charge on any atom is -0.326 e. The van der Waals surface area contributed by atoms with Gasteiger partial charge in [0.2, 0.25) is 0 Å². The topological polar surface area (TPSA) is 29.3 Å². The van der Waals surface area contributed by atoms with E-state index in [4.69, 9.17) is 5.73 Å².